The Labute approximate surface area is 161 Å². The number of fused-ring (bicyclic) bond motifs is 2. The first kappa shape index (κ1) is 16.8. The predicted octanol–water partition coefficient (Wildman–Crippen LogP) is 2.36. The molecule has 4 aliphatic rings. The largest absolute Gasteiger partial charge is 0.389 e. The molecule has 3 fully saturated rings. The highest BCUT2D eigenvalue weighted by molar-refractivity contribution is 9.10. The lowest BCUT2D eigenvalue weighted by Gasteiger charge is -2.44. The van der Waals surface area contributed by atoms with E-state index in [1.807, 2.05) is 12.1 Å². The van der Waals surface area contributed by atoms with Crippen LogP contribution in [0.5, 0.6) is 0 Å². The van der Waals surface area contributed by atoms with Crippen molar-refractivity contribution in [3.05, 3.63) is 33.8 Å². The van der Waals surface area contributed by atoms with Crippen LogP contribution in [0.15, 0.2) is 22.7 Å². The maximum Gasteiger partial charge on any atom is 0.254 e. The third-order valence-electron chi connectivity index (χ3n) is 6.65. The van der Waals surface area contributed by atoms with E-state index in [1.54, 1.807) is 4.90 Å². The number of nitrogens with one attached hydrogen (secondary N) is 1. The summed E-state index contributed by atoms with van der Waals surface area (Å²) in [5.74, 6) is 0.269. The molecule has 3 aliphatic carbocycles. The molecule has 138 valence electrons. The van der Waals surface area contributed by atoms with Crippen molar-refractivity contribution in [2.75, 3.05) is 13.1 Å². The summed E-state index contributed by atoms with van der Waals surface area (Å²) < 4.78 is 0.995. The molecule has 0 atom stereocenters. The van der Waals surface area contributed by atoms with Gasteiger partial charge in [-0.2, -0.15) is 0 Å². The number of carbonyl (C=O) groups excluding carboxylic acids is 2. The topological polar surface area (TPSA) is 69.6 Å². The number of halogens is 1. The molecule has 1 spiro atoms. The Bertz CT molecular complexity index is 794. The lowest BCUT2D eigenvalue weighted by Crippen LogP contribution is -2.58. The summed E-state index contributed by atoms with van der Waals surface area (Å²) in [4.78, 5) is 27.0. The number of carbonyl (C=O) groups is 2. The summed E-state index contributed by atoms with van der Waals surface area (Å²) in [6.07, 6.45) is 5.65. The maximum absolute atomic E-state index is 12.8. The molecule has 1 aromatic carbocycles. The van der Waals surface area contributed by atoms with Crippen LogP contribution in [0, 0.1) is 5.92 Å². The van der Waals surface area contributed by atoms with Gasteiger partial charge in [-0.15, -0.1) is 0 Å². The van der Waals surface area contributed by atoms with Crippen molar-refractivity contribution >= 4 is 27.7 Å². The highest BCUT2D eigenvalue weighted by Crippen LogP contribution is 2.53. The number of benzene rings is 1. The second kappa shape index (κ2) is 5.55. The summed E-state index contributed by atoms with van der Waals surface area (Å²) >= 11 is 3.50. The number of amides is 2. The molecule has 5 nitrogen and oxygen atoms in total. The van der Waals surface area contributed by atoms with Gasteiger partial charge in [-0.25, -0.2) is 0 Å². The Balaban J connectivity index is 1.24. The zero-order valence-corrected chi connectivity index (χ0v) is 16.2. The van der Waals surface area contributed by atoms with Gasteiger partial charge in [0.2, 0.25) is 5.91 Å². The second-order valence-corrected chi connectivity index (χ2v) is 9.60. The molecular weight excluding hydrogens is 396 g/mol. The Morgan fingerprint density at radius 3 is 2.69 bits per heavy atom. The number of aliphatic hydroxyl groups is 1. The molecule has 1 heterocycles. The zero-order valence-electron chi connectivity index (χ0n) is 14.6. The Kier molecular flexibility index (Phi) is 3.58. The molecule has 0 bridgehead atoms. The lowest BCUT2D eigenvalue weighted by molar-refractivity contribution is -0.127. The van der Waals surface area contributed by atoms with Crippen LogP contribution in [0.2, 0.25) is 0 Å². The SMILES string of the molecule is O=C(CN1CC2(CC2)c2cc(Br)ccc2C1=O)N[C@H]1C[C@@](O)(C2CC2)C1. The lowest BCUT2D eigenvalue weighted by atomic mass is 9.72. The molecule has 1 aliphatic heterocycles. The minimum absolute atomic E-state index is 0.0377. The van der Waals surface area contributed by atoms with Gasteiger partial charge in [-0.3, -0.25) is 9.59 Å². The van der Waals surface area contributed by atoms with Crippen LogP contribution >= 0.6 is 15.9 Å². The van der Waals surface area contributed by atoms with Crippen molar-refractivity contribution in [3.63, 3.8) is 0 Å². The molecule has 6 heteroatoms. The Morgan fingerprint density at radius 2 is 2.04 bits per heavy atom. The molecule has 0 saturated heterocycles. The molecule has 0 aromatic heterocycles. The highest BCUT2D eigenvalue weighted by Gasteiger charge is 2.54. The maximum atomic E-state index is 12.8. The minimum atomic E-state index is -0.552. The van der Waals surface area contributed by atoms with E-state index >= 15 is 0 Å². The van der Waals surface area contributed by atoms with Crippen LogP contribution in [0.25, 0.3) is 0 Å². The van der Waals surface area contributed by atoms with Crippen molar-refractivity contribution in [1.82, 2.24) is 10.2 Å². The van der Waals surface area contributed by atoms with Gasteiger partial charge in [0.05, 0.1) is 12.1 Å². The van der Waals surface area contributed by atoms with Gasteiger partial charge in [0.1, 0.15) is 0 Å². The number of rotatable bonds is 4. The van der Waals surface area contributed by atoms with Crippen molar-refractivity contribution in [2.24, 2.45) is 5.92 Å². The quantitative estimate of drug-likeness (QED) is 0.788. The van der Waals surface area contributed by atoms with Crippen LogP contribution in [-0.2, 0) is 10.2 Å². The fourth-order valence-electron chi connectivity index (χ4n) is 4.84. The molecule has 3 saturated carbocycles. The summed E-state index contributed by atoms with van der Waals surface area (Å²) in [7, 11) is 0. The molecule has 0 radical (unpaired) electrons. The van der Waals surface area contributed by atoms with Crippen LogP contribution in [0.1, 0.15) is 54.4 Å². The Morgan fingerprint density at radius 1 is 1.31 bits per heavy atom. The summed E-state index contributed by atoms with van der Waals surface area (Å²) in [5.41, 5.74) is 1.35. The normalized spacial score (nSPS) is 31.4. The first-order valence-corrected chi connectivity index (χ1v) is 10.3. The predicted molar refractivity (Wildman–Crippen MR) is 99.8 cm³/mol. The van der Waals surface area contributed by atoms with E-state index in [4.69, 9.17) is 0 Å². The first-order chi connectivity index (χ1) is 12.4. The van der Waals surface area contributed by atoms with E-state index in [1.165, 1.54) is 0 Å². The van der Waals surface area contributed by atoms with Crippen molar-refractivity contribution in [2.45, 2.75) is 55.6 Å². The number of hydrogen-bond donors (Lipinski definition) is 2. The molecule has 26 heavy (non-hydrogen) atoms. The van der Waals surface area contributed by atoms with Gasteiger partial charge in [-0.1, -0.05) is 15.9 Å². The smallest absolute Gasteiger partial charge is 0.254 e. The minimum Gasteiger partial charge on any atom is -0.389 e. The van der Waals surface area contributed by atoms with E-state index in [0.717, 1.165) is 41.3 Å². The molecule has 2 N–H and O–H groups in total. The average molecular weight is 419 g/mol. The van der Waals surface area contributed by atoms with Gasteiger partial charge in [-0.05, 0) is 68.2 Å². The van der Waals surface area contributed by atoms with Crippen LogP contribution in [0.3, 0.4) is 0 Å². The van der Waals surface area contributed by atoms with Crippen molar-refractivity contribution < 1.29 is 14.7 Å². The fraction of sp³-hybridized carbons (Fsp3) is 0.600. The van der Waals surface area contributed by atoms with Crippen LogP contribution in [0.4, 0.5) is 0 Å². The number of hydrogen-bond acceptors (Lipinski definition) is 3. The highest BCUT2D eigenvalue weighted by atomic mass is 79.9. The third kappa shape index (κ3) is 2.69. The van der Waals surface area contributed by atoms with E-state index in [-0.39, 0.29) is 29.8 Å². The summed E-state index contributed by atoms with van der Waals surface area (Å²) in [5, 5.41) is 13.4. The number of nitrogens with zero attached hydrogens (tertiary/aromatic N) is 1. The van der Waals surface area contributed by atoms with Gasteiger partial charge >= 0.3 is 0 Å². The van der Waals surface area contributed by atoms with Crippen molar-refractivity contribution in [1.29, 1.82) is 0 Å². The standard InChI is InChI=1S/C20H23BrN2O3/c21-13-3-4-15-16(7-13)19(5-6-19)11-23(18(15)25)10-17(24)22-14-8-20(26,9-14)12-1-2-12/h3-4,7,12,14,26H,1-2,5-6,8-11H2,(H,22,24)/t14-,20-. The van der Waals surface area contributed by atoms with Gasteiger partial charge in [0.25, 0.3) is 5.91 Å². The molecule has 2 amide bonds. The molecule has 0 unspecified atom stereocenters. The van der Waals surface area contributed by atoms with Gasteiger partial charge in [0.15, 0.2) is 0 Å². The first-order valence-electron chi connectivity index (χ1n) is 9.50. The van der Waals surface area contributed by atoms with Gasteiger partial charge in [0, 0.05) is 28.0 Å². The average Bonchev–Trinajstić information content (AvgIpc) is 3.45. The van der Waals surface area contributed by atoms with E-state index in [0.29, 0.717) is 25.3 Å². The van der Waals surface area contributed by atoms with Crippen LogP contribution in [-0.4, -0.2) is 46.6 Å². The van der Waals surface area contributed by atoms with Crippen molar-refractivity contribution in [3.8, 4) is 0 Å². The monoisotopic (exact) mass is 418 g/mol. The second-order valence-electron chi connectivity index (χ2n) is 8.68. The molecular formula is C20H23BrN2O3. The van der Waals surface area contributed by atoms with E-state index in [2.05, 4.69) is 27.3 Å². The van der Waals surface area contributed by atoms with Crippen LogP contribution < -0.4 is 5.32 Å². The zero-order chi connectivity index (χ0) is 18.1. The third-order valence-corrected chi connectivity index (χ3v) is 7.15. The van der Waals surface area contributed by atoms with E-state index in [9.17, 15) is 14.7 Å². The molecule has 5 rings (SSSR count). The summed E-state index contributed by atoms with van der Waals surface area (Å²) in [6.45, 7) is 0.730. The molecule has 1 aromatic rings. The summed E-state index contributed by atoms with van der Waals surface area (Å²) in [6, 6.07) is 5.87. The van der Waals surface area contributed by atoms with Gasteiger partial charge < -0.3 is 15.3 Å². The Hall–Kier alpha value is -1.40. The fourth-order valence-corrected chi connectivity index (χ4v) is 5.20. The van der Waals surface area contributed by atoms with E-state index < -0.39 is 5.60 Å².